The smallest absolute Gasteiger partial charge is 0.227 e. The van der Waals surface area contributed by atoms with E-state index in [1.54, 1.807) is 34.4 Å². The molecule has 134 valence electrons. The Kier molecular flexibility index (Phi) is 4.20. The molecule has 7 nitrogen and oxygen atoms in total. The van der Waals surface area contributed by atoms with Crippen LogP contribution >= 0.6 is 11.3 Å². The summed E-state index contributed by atoms with van der Waals surface area (Å²) in [5, 5.41) is 17.2. The zero-order valence-electron chi connectivity index (χ0n) is 14.6. The first kappa shape index (κ1) is 16.7. The van der Waals surface area contributed by atoms with E-state index in [-0.39, 0.29) is 17.6 Å². The monoisotopic (exact) mass is 369 g/mol. The van der Waals surface area contributed by atoms with E-state index in [1.807, 2.05) is 30.0 Å². The first-order chi connectivity index (χ1) is 12.5. The molecule has 1 aliphatic rings. The van der Waals surface area contributed by atoms with Crippen molar-refractivity contribution in [2.45, 2.75) is 32.7 Å². The van der Waals surface area contributed by atoms with Crippen molar-refractivity contribution < 1.29 is 9.90 Å². The van der Waals surface area contributed by atoms with E-state index in [0.717, 1.165) is 16.5 Å². The second kappa shape index (κ2) is 6.53. The number of aryl methyl sites for hydroxylation is 2. The lowest BCUT2D eigenvalue weighted by Crippen LogP contribution is -2.24. The molecule has 0 radical (unpaired) electrons. The predicted molar refractivity (Wildman–Crippen MR) is 99.4 cm³/mol. The third-order valence-electron chi connectivity index (χ3n) is 4.48. The molecule has 0 saturated carbocycles. The SMILES string of the molecule is CCn1nc(-c2csc(C)n2)nc1[C@H]1CC(=O)N(c2cccc(O)c2)C1. The Labute approximate surface area is 154 Å². The molecule has 1 atom stereocenters. The summed E-state index contributed by atoms with van der Waals surface area (Å²) in [5.74, 6) is 1.55. The molecule has 1 saturated heterocycles. The molecule has 0 aliphatic carbocycles. The third-order valence-corrected chi connectivity index (χ3v) is 5.25. The number of amides is 1. The van der Waals surface area contributed by atoms with Gasteiger partial charge < -0.3 is 10.0 Å². The van der Waals surface area contributed by atoms with Crippen LogP contribution in [0.1, 0.15) is 30.1 Å². The minimum atomic E-state index is -0.0363. The van der Waals surface area contributed by atoms with Gasteiger partial charge in [-0.1, -0.05) is 6.07 Å². The number of carbonyl (C=O) groups is 1. The van der Waals surface area contributed by atoms with Gasteiger partial charge in [-0.2, -0.15) is 0 Å². The van der Waals surface area contributed by atoms with Crippen LogP contribution < -0.4 is 4.90 Å². The van der Waals surface area contributed by atoms with Gasteiger partial charge in [0.2, 0.25) is 11.7 Å². The summed E-state index contributed by atoms with van der Waals surface area (Å²) in [7, 11) is 0. The highest BCUT2D eigenvalue weighted by Crippen LogP contribution is 2.33. The average Bonchev–Trinajstić information content (AvgIpc) is 3.32. The average molecular weight is 369 g/mol. The van der Waals surface area contributed by atoms with Crippen molar-refractivity contribution in [2.75, 3.05) is 11.4 Å². The molecule has 4 rings (SSSR count). The molecule has 2 aromatic heterocycles. The molecular formula is C18H19N5O2S. The fourth-order valence-corrected chi connectivity index (χ4v) is 3.85. The van der Waals surface area contributed by atoms with Gasteiger partial charge in [0.25, 0.3) is 0 Å². The van der Waals surface area contributed by atoms with Crippen molar-refractivity contribution in [3.05, 3.63) is 40.5 Å². The maximum atomic E-state index is 12.5. The Hall–Kier alpha value is -2.74. The number of benzene rings is 1. The summed E-state index contributed by atoms with van der Waals surface area (Å²) in [6.45, 7) is 5.17. The fourth-order valence-electron chi connectivity index (χ4n) is 3.25. The van der Waals surface area contributed by atoms with E-state index in [0.29, 0.717) is 31.0 Å². The first-order valence-electron chi connectivity index (χ1n) is 8.51. The lowest BCUT2D eigenvalue weighted by atomic mass is 10.1. The third kappa shape index (κ3) is 2.96. The fraction of sp³-hybridized carbons (Fsp3) is 0.333. The van der Waals surface area contributed by atoms with Gasteiger partial charge in [-0.3, -0.25) is 4.79 Å². The van der Waals surface area contributed by atoms with Gasteiger partial charge >= 0.3 is 0 Å². The number of anilines is 1. The molecule has 0 bridgehead atoms. The minimum Gasteiger partial charge on any atom is -0.508 e. The van der Waals surface area contributed by atoms with Gasteiger partial charge in [-0.05, 0) is 26.0 Å². The number of thiazole rings is 1. The van der Waals surface area contributed by atoms with Crippen LogP contribution in [0.3, 0.4) is 0 Å². The minimum absolute atomic E-state index is 0.0253. The van der Waals surface area contributed by atoms with Gasteiger partial charge in [-0.25, -0.2) is 14.6 Å². The van der Waals surface area contributed by atoms with Gasteiger partial charge in [0, 0.05) is 42.6 Å². The number of aromatic nitrogens is 4. The molecular weight excluding hydrogens is 350 g/mol. The van der Waals surface area contributed by atoms with E-state index < -0.39 is 0 Å². The van der Waals surface area contributed by atoms with Crippen LogP contribution in [-0.4, -0.2) is 37.3 Å². The van der Waals surface area contributed by atoms with Crippen molar-refractivity contribution in [3.8, 4) is 17.3 Å². The maximum absolute atomic E-state index is 12.5. The molecule has 8 heteroatoms. The summed E-state index contributed by atoms with van der Waals surface area (Å²) >= 11 is 1.57. The molecule has 1 fully saturated rings. The van der Waals surface area contributed by atoms with Gasteiger partial charge in [0.1, 0.15) is 17.3 Å². The van der Waals surface area contributed by atoms with Gasteiger partial charge in [-0.15, -0.1) is 16.4 Å². The zero-order valence-corrected chi connectivity index (χ0v) is 15.4. The maximum Gasteiger partial charge on any atom is 0.227 e. The molecule has 3 aromatic rings. The topological polar surface area (TPSA) is 84.1 Å². The number of phenols is 1. The highest BCUT2D eigenvalue weighted by Gasteiger charge is 2.35. The van der Waals surface area contributed by atoms with E-state index >= 15 is 0 Å². The summed E-state index contributed by atoms with van der Waals surface area (Å²) in [4.78, 5) is 23.4. The molecule has 1 aromatic carbocycles. The Bertz CT molecular complexity index is 964. The lowest BCUT2D eigenvalue weighted by molar-refractivity contribution is -0.117. The molecule has 26 heavy (non-hydrogen) atoms. The zero-order chi connectivity index (χ0) is 18.3. The number of aromatic hydroxyl groups is 1. The van der Waals surface area contributed by atoms with Gasteiger partial charge in [0.05, 0.1) is 5.01 Å². The summed E-state index contributed by atoms with van der Waals surface area (Å²) in [6, 6.07) is 6.77. The normalized spacial score (nSPS) is 17.2. The first-order valence-corrected chi connectivity index (χ1v) is 9.39. The quantitative estimate of drug-likeness (QED) is 0.764. The standard InChI is InChI=1S/C18H19N5O2S/c1-3-23-18(20-17(21-23)15-10-26-11(2)19-15)12-7-16(25)22(9-12)13-5-4-6-14(24)8-13/h4-6,8,10,12,24H,3,7,9H2,1-2H3/t12-/m0/s1. The van der Waals surface area contributed by atoms with E-state index in [9.17, 15) is 9.90 Å². The summed E-state index contributed by atoms with van der Waals surface area (Å²) in [5.41, 5.74) is 1.48. The van der Waals surface area contributed by atoms with Crippen LogP contribution in [0.5, 0.6) is 5.75 Å². The molecule has 0 unspecified atom stereocenters. The Morgan fingerprint density at radius 1 is 1.35 bits per heavy atom. The number of carbonyl (C=O) groups excluding carboxylic acids is 1. The molecule has 0 spiro atoms. The molecule has 3 heterocycles. The van der Waals surface area contributed by atoms with Crippen molar-refractivity contribution in [2.24, 2.45) is 0 Å². The van der Waals surface area contributed by atoms with Crippen LogP contribution in [0, 0.1) is 6.92 Å². The summed E-state index contributed by atoms with van der Waals surface area (Å²) < 4.78 is 1.86. The van der Waals surface area contributed by atoms with Crippen LogP contribution in [0.15, 0.2) is 29.6 Å². The number of rotatable bonds is 4. The van der Waals surface area contributed by atoms with E-state index in [4.69, 9.17) is 4.98 Å². The molecule has 1 aliphatic heterocycles. The molecule has 1 N–H and O–H groups in total. The number of nitrogens with zero attached hydrogens (tertiary/aromatic N) is 5. The highest BCUT2D eigenvalue weighted by molar-refractivity contribution is 7.09. The predicted octanol–water partition coefficient (Wildman–Crippen LogP) is 2.96. The van der Waals surface area contributed by atoms with Crippen molar-refractivity contribution in [1.82, 2.24) is 19.7 Å². The summed E-state index contributed by atoms with van der Waals surface area (Å²) in [6.07, 6.45) is 0.379. The largest absolute Gasteiger partial charge is 0.508 e. The van der Waals surface area contributed by atoms with Gasteiger partial charge in [0.15, 0.2) is 0 Å². The van der Waals surface area contributed by atoms with Crippen molar-refractivity contribution in [1.29, 1.82) is 0 Å². The van der Waals surface area contributed by atoms with Crippen LogP contribution in [0.25, 0.3) is 11.5 Å². The van der Waals surface area contributed by atoms with Crippen LogP contribution in [0.2, 0.25) is 0 Å². The highest BCUT2D eigenvalue weighted by atomic mass is 32.1. The number of hydrogen-bond acceptors (Lipinski definition) is 6. The Balaban J connectivity index is 1.64. The number of hydrogen-bond donors (Lipinski definition) is 1. The van der Waals surface area contributed by atoms with E-state index in [2.05, 4.69) is 10.1 Å². The van der Waals surface area contributed by atoms with Crippen LogP contribution in [0.4, 0.5) is 5.69 Å². The Morgan fingerprint density at radius 2 is 2.19 bits per heavy atom. The lowest BCUT2D eigenvalue weighted by Gasteiger charge is -2.16. The van der Waals surface area contributed by atoms with E-state index in [1.165, 1.54) is 0 Å². The van der Waals surface area contributed by atoms with Crippen molar-refractivity contribution >= 4 is 22.9 Å². The Morgan fingerprint density at radius 3 is 2.88 bits per heavy atom. The second-order valence-corrected chi connectivity index (χ2v) is 7.35. The second-order valence-electron chi connectivity index (χ2n) is 6.29. The molecule has 1 amide bonds. The number of phenolic OH excluding ortho intramolecular Hbond substituents is 1. The van der Waals surface area contributed by atoms with Crippen molar-refractivity contribution in [3.63, 3.8) is 0 Å². The van der Waals surface area contributed by atoms with Crippen LogP contribution in [-0.2, 0) is 11.3 Å².